The molecular weight excluding hydrogens is 332 g/mol. The van der Waals surface area contributed by atoms with Crippen molar-refractivity contribution in [3.8, 4) is 0 Å². The van der Waals surface area contributed by atoms with Gasteiger partial charge in [-0.1, -0.05) is 6.07 Å². The number of carboxylic acid groups (broad SMARTS) is 1. The SMILES string of the molecule is CN1CCCC1c1cccnc1.O=C(O)[C@H]1OC(O)[C@H](O)[C@@H](O)[C@@H]1O. The van der Waals surface area contributed by atoms with Crippen LogP contribution in [0.25, 0.3) is 0 Å². The van der Waals surface area contributed by atoms with Crippen LogP contribution in [-0.2, 0) is 9.53 Å². The lowest BCUT2D eigenvalue weighted by atomic mass is 9.99. The van der Waals surface area contributed by atoms with Gasteiger partial charge in [0, 0.05) is 18.4 Å². The molecule has 0 aliphatic carbocycles. The third-order valence-corrected chi connectivity index (χ3v) is 4.42. The Bertz CT molecular complexity index is 559. The fraction of sp³-hybridized carbons (Fsp3) is 0.625. The van der Waals surface area contributed by atoms with E-state index in [1.54, 1.807) is 0 Å². The molecule has 140 valence electrons. The van der Waals surface area contributed by atoms with Crippen LogP contribution in [0.3, 0.4) is 0 Å². The first-order valence-corrected chi connectivity index (χ1v) is 8.03. The monoisotopic (exact) mass is 356 g/mol. The van der Waals surface area contributed by atoms with Gasteiger partial charge in [-0.3, -0.25) is 9.88 Å². The van der Waals surface area contributed by atoms with Crippen LogP contribution in [0.15, 0.2) is 24.5 Å². The Morgan fingerprint density at radius 2 is 1.96 bits per heavy atom. The third kappa shape index (κ3) is 4.72. The molecule has 5 N–H and O–H groups in total. The second-order valence-electron chi connectivity index (χ2n) is 6.18. The summed E-state index contributed by atoms with van der Waals surface area (Å²) >= 11 is 0. The number of hydrogen-bond acceptors (Lipinski definition) is 8. The number of carbonyl (C=O) groups is 1. The number of aliphatic hydroxyl groups excluding tert-OH is 4. The van der Waals surface area contributed by atoms with Crippen molar-refractivity contribution in [3.05, 3.63) is 30.1 Å². The van der Waals surface area contributed by atoms with Crippen LogP contribution in [0.5, 0.6) is 0 Å². The molecule has 0 bridgehead atoms. The molecule has 0 saturated carbocycles. The van der Waals surface area contributed by atoms with Crippen LogP contribution in [-0.4, -0.2) is 85.7 Å². The van der Waals surface area contributed by atoms with Gasteiger partial charge in [0.15, 0.2) is 12.4 Å². The lowest BCUT2D eigenvalue weighted by Gasteiger charge is -2.36. The molecule has 9 heteroatoms. The number of aliphatic carboxylic acids is 1. The van der Waals surface area contributed by atoms with Crippen LogP contribution >= 0.6 is 0 Å². The van der Waals surface area contributed by atoms with E-state index in [1.165, 1.54) is 24.9 Å². The first kappa shape index (κ1) is 19.7. The Morgan fingerprint density at radius 3 is 2.48 bits per heavy atom. The highest BCUT2D eigenvalue weighted by molar-refractivity contribution is 5.73. The van der Waals surface area contributed by atoms with E-state index in [0.717, 1.165) is 0 Å². The molecule has 2 aliphatic heterocycles. The summed E-state index contributed by atoms with van der Waals surface area (Å²) in [5.74, 6) is -1.52. The van der Waals surface area contributed by atoms with Gasteiger partial charge in [0.25, 0.3) is 0 Å². The van der Waals surface area contributed by atoms with Crippen molar-refractivity contribution in [3.63, 3.8) is 0 Å². The number of likely N-dealkylation sites (tertiary alicyclic amines) is 1. The molecule has 2 saturated heterocycles. The summed E-state index contributed by atoms with van der Waals surface area (Å²) in [6.45, 7) is 1.22. The summed E-state index contributed by atoms with van der Waals surface area (Å²) in [7, 11) is 2.19. The van der Waals surface area contributed by atoms with Crippen LogP contribution in [0.4, 0.5) is 0 Å². The molecule has 0 spiro atoms. The maximum Gasteiger partial charge on any atom is 0.335 e. The van der Waals surface area contributed by atoms with Gasteiger partial charge in [0.2, 0.25) is 0 Å². The van der Waals surface area contributed by atoms with E-state index in [1.807, 2.05) is 18.5 Å². The summed E-state index contributed by atoms with van der Waals surface area (Å²) in [6, 6.07) is 4.79. The average Bonchev–Trinajstić information content (AvgIpc) is 3.03. The Balaban J connectivity index is 0.000000181. The second-order valence-corrected chi connectivity index (χ2v) is 6.18. The zero-order valence-corrected chi connectivity index (χ0v) is 13.8. The number of rotatable bonds is 2. The molecule has 0 radical (unpaired) electrons. The number of aromatic nitrogens is 1. The third-order valence-electron chi connectivity index (χ3n) is 4.42. The Morgan fingerprint density at radius 1 is 1.24 bits per heavy atom. The minimum absolute atomic E-state index is 0.610. The summed E-state index contributed by atoms with van der Waals surface area (Å²) in [5, 5.41) is 44.4. The lowest BCUT2D eigenvalue weighted by molar-refractivity contribution is -0.279. The lowest BCUT2D eigenvalue weighted by Crippen LogP contribution is -2.59. The van der Waals surface area contributed by atoms with Gasteiger partial charge >= 0.3 is 5.97 Å². The standard InChI is InChI=1S/C10H14N2.C6H10O7/c1-12-7-3-5-10(12)9-4-2-6-11-8-9;7-1-2(8)4(5(10)11)13-6(12)3(1)9/h2,4,6,8,10H,3,5,7H2,1H3;1-4,6-9,12H,(H,10,11)/t;1-,2-,3+,4-,6?/m.0/s1. The van der Waals surface area contributed by atoms with E-state index in [-0.39, 0.29) is 0 Å². The molecule has 6 atom stereocenters. The molecule has 1 aromatic heterocycles. The van der Waals surface area contributed by atoms with Gasteiger partial charge in [-0.05, 0) is 38.1 Å². The van der Waals surface area contributed by atoms with E-state index in [0.29, 0.717) is 6.04 Å². The average molecular weight is 356 g/mol. The Hall–Kier alpha value is -1.62. The van der Waals surface area contributed by atoms with Crippen molar-refractivity contribution in [2.75, 3.05) is 13.6 Å². The summed E-state index contributed by atoms with van der Waals surface area (Å²) in [5.41, 5.74) is 1.36. The minimum Gasteiger partial charge on any atom is -0.479 e. The molecule has 25 heavy (non-hydrogen) atoms. The van der Waals surface area contributed by atoms with E-state index in [2.05, 4.69) is 27.7 Å². The highest BCUT2D eigenvalue weighted by Gasteiger charge is 2.46. The van der Waals surface area contributed by atoms with Crippen molar-refractivity contribution in [1.82, 2.24) is 9.88 Å². The fourth-order valence-electron chi connectivity index (χ4n) is 2.97. The van der Waals surface area contributed by atoms with Crippen LogP contribution in [0.1, 0.15) is 24.4 Å². The van der Waals surface area contributed by atoms with Gasteiger partial charge < -0.3 is 30.3 Å². The molecule has 1 aromatic rings. The summed E-state index contributed by atoms with van der Waals surface area (Å²) in [4.78, 5) is 16.9. The summed E-state index contributed by atoms with van der Waals surface area (Å²) < 4.78 is 4.34. The Labute approximate surface area is 145 Å². The summed E-state index contributed by atoms with van der Waals surface area (Å²) in [6.07, 6.45) is -2.32. The van der Waals surface area contributed by atoms with Crippen LogP contribution < -0.4 is 0 Å². The first-order chi connectivity index (χ1) is 11.8. The molecule has 3 rings (SSSR count). The van der Waals surface area contributed by atoms with Crippen molar-refractivity contribution in [2.24, 2.45) is 0 Å². The molecular formula is C16H24N2O7. The van der Waals surface area contributed by atoms with Crippen LogP contribution in [0, 0.1) is 0 Å². The van der Waals surface area contributed by atoms with Crippen LogP contribution in [0.2, 0.25) is 0 Å². The van der Waals surface area contributed by atoms with Crippen molar-refractivity contribution in [2.45, 2.75) is 49.6 Å². The molecule has 2 fully saturated rings. The molecule has 0 aromatic carbocycles. The molecule has 3 heterocycles. The number of carboxylic acids is 1. The number of ether oxygens (including phenoxy) is 1. The maximum atomic E-state index is 10.4. The number of nitrogens with zero attached hydrogens (tertiary/aromatic N) is 2. The van der Waals surface area contributed by atoms with Gasteiger partial charge in [-0.2, -0.15) is 0 Å². The number of aliphatic hydroxyl groups is 4. The maximum absolute atomic E-state index is 10.4. The van der Waals surface area contributed by atoms with Gasteiger partial charge in [-0.25, -0.2) is 4.79 Å². The van der Waals surface area contributed by atoms with E-state index < -0.39 is 36.7 Å². The largest absolute Gasteiger partial charge is 0.479 e. The zero-order valence-electron chi connectivity index (χ0n) is 13.8. The minimum atomic E-state index is -1.81. The predicted octanol–water partition coefficient (Wildman–Crippen LogP) is -1.28. The number of hydrogen-bond donors (Lipinski definition) is 5. The quantitative estimate of drug-likeness (QED) is 0.437. The van der Waals surface area contributed by atoms with E-state index in [9.17, 15) is 4.79 Å². The van der Waals surface area contributed by atoms with Crippen molar-refractivity contribution >= 4 is 5.97 Å². The van der Waals surface area contributed by atoms with E-state index >= 15 is 0 Å². The van der Waals surface area contributed by atoms with E-state index in [4.69, 9.17) is 25.5 Å². The second kappa shape index (κ2) is 8.65. The van der Waals surface area contributed by atoms with Gasteiger partial charge in [0.1, 0.15) is 18.3 Å². The fourth-order valence-corrected chi connectivity index (χ4v) is 2.97. The first-order valence-electron chi connectivity index (χ1n) is 8.03. The zero-order chi connectivity index (χ0) is 18.6. The molecule has 2 aliphatic rings. The highest BCUT2D eigenvalue weighted by Crippen LogP contribution is 2.29. The Kier molecular flexibility index (Phi) is 6.82. The smallest absolute Gasteiger partial charge is 0.335 e. The molecule has 0 amide bonds. The topological polar surface area (TPSA) is 144 Å². The highest BCUT2D eigenvalue weighted by atomic mass is 16.6. The number of pyridine rings is 1. The normalized spacial score (nSPS) is 35.7. The molecule has 9 nitrogen and oxygen atoms in total. The van der Waals surface area contributed by atoms with Crippen molar-refractivity contribution in [1.29, 1.82) is 0 Å². The van der Waals surface area contributed by atoms with Gasteiger partial charge in [-0.15, -0.1) is 0 Å². The van der Waals surface area contributed by atoms with Crippen molar-refractivity contribution < 1.29 is 35.1 Å². The predicted molar refractivity (Wildman–Crippen MR) is 85.4 cm³/mol. The molecule has 2 unspecified atom stereocenters. The van der Waals surface area contributed by atoms with Gasteiger partial charge in [0.05, 0.1) is 0 Å².